The molecule has 0 saturated heterocycles. The zero-order valence-corrected chi connectivity index (χ0v) is 16.0. The van der Waals surface area contributed by atoms with Crippen LogP contribution in [-0.2, 0) is 23.0 Å². The molecule has 7 heteroatoms. The molecule has 136 valence electrons. The number of thiophene rings is 1. The molecule has 3 aromatic rings. The van der Waals surface area contributed by atoms with Gasteiger partial charge < -0.3 is 4.74 Å². The van der Waals surface area contributed by atoms with Gasteiger partial charge in [0.15, 0.2) is 0 Å². The summed E-state index contributed by atoms with van der Waals surface area (Å²) >= 11 is 1.63. The highest BCUT2D eigenvalue weighted by atomic mass is 32.2. The van der Waals surface area contributed by atoms with Crippen LogP contribution in [0.1, 0.15) is 10.4 Å². The average Bonchev–Trinajstić information content (AvgIpc) is 3.19. The van der Waals surface area contributed by atoms with Crippen LogP contribution in [0, 0.1) is 0 Å². The van der Waals surface area contributed by atoms with Crippen LogP contribution in [0.2, 0.25) is 0 Å². The molecule has 0 bridgehead atoms. The molecule has 0 spiro atoms. The van der Waals surface area contributed by atoms with Gasteiger partial charge in [-0.3, -0.25) is 4.98 Å². The number of hydrogen-bond acceptors (Lipinski definition) is 5. The molecule has 0 unspecified atom stereocenters. The Morgan fingerprint density at radius 3 is 2.54 bits per heavy atom. The zero-order valence-electron chi connectivity index (χ0n) is 14.4. The number of nitrogens with zero attached hydrogens (tertiary/aromatic N) is 2. The minimum Gasteiger partial charge on any atom is -0.497 e. The molecule has 3 rings (SSSR count). The van der Waals surface area contributed by atoms with Crippen molar-refractivity contribution in [1.82, 2.24) is 9.29 Å². The van der Waals surface area contributed by atoms with Gasteiger partial charge in [-0.2, -0.15) is 4.31 Å². The third-order valence-electron chi connectivity index (χ3n) is 3.97. The molecular formula is C19H20N2O3S2. The zero-order chi connectivity index (χ0) is 18.4. The van der Waals surface area contributed by atoms with Crippen LogP contribution < -0.4 is 4.74 Å². The molecule has 0 N–H and O–H groups in total. The topological polar surface area (TPSA) is 59.5 Å². The lowest BCUT2D eigenvalue weighted by molar-refractivity contribution is 0.408. The van der Waals surface area contributed by atoms with Gasteiger partial charge >= 0.3 is 0 Å². The molecule has 0 amide bonds. The highest BCUT2D eigenvalue weighted by Gasteiger charge is 2.24. The van der Waals surface area contributed by atoms with Gasteiger partial charge in [0.25, 0.3) is 0 Å². The lowest BCUT2D eigenvalue weighted by Crippen LogP contribution is -2.32. The Balaban J connectivity index is 1.86. The SMILES string of the molecule is COc1ccc(S(=O)(=O)N(CCc2cccs2)Cc2cccnc2)cc1. The van der Waals surface area contributed by atoms with Gasteiger partial charge in [-0.1, -0.05) is 12.1 Å². The summed E-state index contributed by atoms with van der Waals surface area (Å²) in [7, 11) is -2.07. The number of hydrogen-bond donors (Lipinski definition) is 0. The third kappa shape index (κ3) is 4.49. The fourth-order valence-electron chi connectivity index (χ4n) is 2.57. The maximum atomic E-state index is 13.2. The Morgan fingerprint density at radius 1 is 1.12 bits per heavy atom. The second-order valence-corrected chi connectivity index (χ2v) is 8.67. The van der Waals surface area contributed by atoms with Gasteiger partial charge in [-0.25, -0.2) is 8.42 Å². The van der Waals surface area contributed by atoms with E-state index in [1.54, 1.807) is 55.1 Å². The summed E-state index contributed by atoms with van der Waals surface area (Å²) in [5.74, 6) is 0.626. The first-order chi connectivity index (χ1) is 12.6. The summed E-state index contributed by atoms with van der Waals surface area (Å²) in [5.41, 5.74) is 0.857. The van der Waals surface area contributed by atoms with E-state index < -0.39 is 10.0 Å². The first-order valence-electron chi connectivity index (χ1n) is 8.15. The van der Waals surface area contributed by atoms with Crippen LogP contribution in [0.3, 0.4) is 0 Å². The van der Waals surface area contributed by atoms with E-state index in [1.807, 2.05) is 29.6 Å². The van der Waals surface area contributed by atoms with Crippen LogP contribution in [-0.4, -0.2) is 31.4 Å². The van der Waals surface area contributed by atoms with Gasteiger partial charge in [0.2, 0.25) is 10.0 Å². The predicted octanol–water partition coefficient (Wildman–Crippen LogP) is 3.59. The lowest BCUT2D eigenvalue weighted by atomic mass is 10.3. The predicted molar refractivity (Wildman–Crippen MR) is 103 cm³/mol. The van der Waals surface area contributed by atoms with Crippen LogP contribution >= 0.6 is 11.3 Å². The highest BCUT2D eigenvalue weighted by Crippen LogP contribution is 2.22. The first-order valence-corrected chi connectivity index (χ1v) is 10.5. The van der Waals surface area contributed by atoms with E-state index >= 15 is 0 Å². The number of rotatable bonds is 8. The molecule has 0 saturated carbocycles. The van der Waals surface area contributed by atoms with E-state index in [0.29, 0.717) is 18.7 Å². The van der Waals surface area contributed by atoms with Crippen molar-refractivity contribution in [2.24, 2.45) is 0 Å². The Morgan fingerprint density at radius 2 is 1.92 bits per heavy atom. The van der Waals surface area contributed by atoms with Gasteiger partial charge in [0.05, 0.1) is 12.0 Å². The molecule has 2 aromatic heterocycles. The summed E-state index contributed by atoms with van der Waals surface area (Å²) in [4.78, 5) is 5.51. The molecule has 0 aliphatic rings. The van der Waals surface area contributed by atoms with E-state index in [9.17, 15) is 8.42 Å². The minimum absolute atomic E-state index is 0.258. The normalized spacial score (nSPS) is 11.6. The van der Waals surface area contributed by atoms with Crippen LogP contribution in [0.15, 0.2) is 71.2 Å². The number of ether oxygens (including phenoxy) is 1. The summed E-state index contributed by atoms with van der Waals surface area (Å²) in [5, 5.41) is 2.00. The van der Waals surface area contributed by atoms with Crippen molar-refractivity contribution in [2.45, 2.75) is 17.9 Å². The molecule has 0 fully saturated rings. The van der Waals surface area contributed by atoms with E-state index in [2.05, 4.69) is 4.98 Å². The Labute approximate surface area is 157 Å². The van der Waals surface area contributed by atoms with Crippen LogP contribution in [0.5, 0.6) is 5.75 Å². The maximum absolute atomic E-state index is 13.2. The summed E-state index contributed by atoms with van der Waals surface area (Å²) < 4.78 is 33.0. The summed E-state index contributed by atoms with van der Waals surface area (Å²) in [6.45, 7) is 0.692. The Bertz CT molecular complexity index is 909. The highest BCUT2D eigenvalue weighted by molar-refractivity contribution is 7.89. The van der Waals surface area contributed by atoms with Crippen molar-refractivity contribution in [1.29, 1.82) is 0 Å². The van der Waals surface area contributed by atoms with E-state index in [0.717, 1.165) is 10.4 Å². The van der Waals surface area contributed by atoms with Crippen molar-refractivity contribution in [3.05, 3.63) is 76.7 Å². The van der Waals surface area contributed by atoms with E-state index in [4.69, 9.17) is 4.74 Å². The fourth-order valence-corrected chi connectivity index (χ4v) is 4.69. The van der Waals surface area contributed by atoms with Crippen molar-refractivity contribution in [2.75, 3.05) is 13.7 Å². The fraction of sp³-hybridized carbons (Fsp3) is 0.211. The molecular weight excluding hydrogens is 368 g/mol. The number of benzene rings is 1. The van der Waals surface area contributed by atoms with E-state index in [1.165, 1.54) is 4.31 Å². The van der Waals surface area contributed by atoms with E-state index in [-0.39, 0.29) is 11.4 Å². The van der Waals surface area contributed by atoms with Crippen LogP contribution in [0.25, 0.3) is 0 Å². The van der Waals surface area contributed by atoms with Gasteiger partial charge in [-0.15, -0.1) is 11.3 Å². The molecule has 0 aliphatic carbocycles. The first kappa shape index (κ1) is 18.6. The molecule has 0 atom stereocenters. The lowest BCUT2D eigenvalue weighted by Gasteiger charge is -2.22. The second-order valence-electron chi connectivity index (χ2n) is 5.70. The molecule has 0 aliphatic heterocycles. The Kier molecular flexibility index (Phi) is 6.03. The second kappa shape index (κ2) is 8.44. The van der Waals surface area contributed by atoms with Crippen molar-refractivity contribution in [3.63, 3.8) is 0 Å². The van der Waals surface area contributed by atoms with Crippen LogP contribution in [0.4, 0.5) is 0 Å². The van der Waals surface area contributed by atoms with Crippen molar-refractivity contribution < 1.29 is 13.2 Å². The number of sulfonamides is 1. The molecule has 0 radical (unpaired) electrons. The largest absolute Gasteiger partial charge is 0.497 e. The number of methoxy groups -OCH3 is 1. The van der Waals surface area contributed by atoms with Gasteiger partial charge in [0.1, 0.15) is 5.75 Å². The van der Waals surface area contributed by atoms with Gasteiger partial charge in [-0.05, 0) is 53.8 Å². The summed E-state index contributed by atoms with van der Waals surface area (Å²) in [6, 6.07) is 14.2. The molecule has 26 heavy (non-hydrogen) atoms. The molecule has 2 heterocycles. The number of aromatic nitrogens is 1. The maximum Gasteiger partial charge on any atom is 0.243 e. The summed E-state index contributed by atoms with van der Waals surface area (Å²) in [6.07, 6.45) is 4.05. The quantitative estimate of drug-likeness (QED) is 0.592. The van der Waals surface area contributed by atoms with Gasteiger partial charge in [0, 0.05) is 30.4 Å². The standard InChI is InChI=1S/C19H20N2O3S2/c1-24-17-6-8-19(9-7-17)26(22,23)21(12-10-18-5-3-13-25-18)15-16-4-2-11-20-14-16/h2-9,11,13-14H,10,12,15H2,1H3. The van der Waals surface area contributed by atoms with Crippen molar-refractivity contribution >= 4 is 21.4 Å². The monoisotopic (exact) mass is 388 g/mol. The average molecular weight is 389 g/mol. The molecule has 5 nitrogen and oxygen atoms in total. The number of pyridine rings is 1. The third-order valence-corrected chi connectivity index (χ3v) is 6.76. The Hall–Kier alpha value is -2.22. The minimum atomic E-state index is -3.62. The van der Waals surface area contributed by atoms with Crippen molar-refractivity contribution in [3.8, 4) is 5.75 Å². The molecule has 1 aromatic carbocycles. The smallest absolute Gasteiger partial charge is 0.243 e.